The summed E-state index contributed by atoms with van der Waals surface area (Å²) >= 11 is 0. The van der Waals surface area contributed by atoms with E-state index in [2.05, 4.69) is 29.9 Å². The molecule has 1 aliphatic heterocycles. The number of fused-ring (bicyclic) bond motifs is 1. The van der Waals surface area contributed by atoms with E-state index in [9.17, 15) is 13.2 Å². The molecule has 1 heterocycles. The van der Waals surface area contributed by atoms with E-state index in [0.717, 1.165) is 29.7 Å². The van der Waals surface area contributed by atoms with E-state index in [1.54, 1.807) is 6.07 Å². The minimum Gasteiger partial charge on any atom is -0.406 e. The van der Waals surface area contributed by atoms with Gasteiger partial charge in [-0.1, -0.05) is 38.8 Å². The molecule has 2 nitrogen and oxygen atoms in total. The number of ether oxygens (including phenoxy) is 1. The van der Waals surface area contributed by atoms with Crippen LogP contribution in [0, 0.1) is 30.1 Å². The molecule has 1 saturated heterocycles. The summed E-state index contributed by atoms with van der Waals surface area (Å²) in [5.41, 5.74) is 0.806. The molecular formula is C20H27F3NO. The molecule has 0 N–H and O–H groups in total. The highest BCUT2D eigenvalue weighted by atomic mass is 19.4. The third-order valence-electron chi connectivity index (χ3n) is 5.84. The zero-order valence-corrected chi connectivity index (χ0v) is 14.9. The summed E-state index contributed by atoms with van der Waals surface area (Å²) in [6.07, 6.45) is 0.858. The summed E-state index contributed by atoms with van der Waals surface area (Å²) in [5, 5.41) is 0. The number of hydrogen-bond donors (Lipinski definition) is 0. The standard InChI is InChI=1S/C20H27F3NO/c1-3-14(4-2)11-24-12-18-17(19(18)13-24)9-8-15-6-5-7-16(10-15)25-20(21,22)23/h5-8,10,14,17-19H,3-4,9,11-13H2,1-2H3. The molecule has 1 aliphatic carbocycles. The maximum atomic E-state index is 12.3. The Hall–Kier alpha value is -1.23. The lowest BCUT2D eigenvalue weighted by molar-refractivity contribution is -0.274. The average Bonchev–Trinajstić information content (AvgIpc) is 3.00. The molecule has 2 aliphatic rings. The van der Waals surface area contributed by atoms with Crippen LogP contribution in [0.2, 0.25) is 0 Å². The van der Waals surface area contributed by atoms with Crippen molar-refractivity contribution in [1.82, 2.24) is 4.90 Å². The minimum absolute atomic E-state index is 0.145. The number of rotatable bonds is 8. The monoisotopic (exact) mass is 354 g/mol. The van der Waals surface area contributed by atoms with Crippen molar-refractivity contribution in [2.75, 3.05) is 19.6 Å². The van der Waals surface area contributed by atoms with Gasteiger partial charge >= 0.3 is 6.36 Å². The fourth-order valence-corrected chi connectivity index (χ4v) is 4.26. The van der Waals surface area contributed by atoms with Crippen LogP contribution < -0.4 is 4.74 Å². The van der Waals surface area contributed by atoms with Gasteiger partial charge in [0.15, 0.2) is 0 Å². The smallest absolute Gasteiger partial charge is 0.406 e. The molecule has 0 spiro atoms. The number of nitrogens with zero attached hydrogens (tertiary/aromatic N) is 1. The molecule has 25 heavy (non-hydrogen) atoms. The second-order valence-electron chi connectivity index (χ2n) is 7.45. The third-order valence-corrected chi connectivity index (χ3v) is 5.84. The Bertz CT molecular complexity index is 558. The van der Waals surface area contributed by atoms with Gasteiger partial charge in [-0.25, -0.2) is 0 Å². The molecule has 3 rings (SSSR count). The average molecular weight is 354 g/mol. The number of alkyl halides is 3. The Kier molecular flexibility index (Phi) is 5.62. The molecule has 2 unspecified atom stereocenters. The summed E-state index contributed by atoms with van der Waals surface area (Å²) in [5.74, 6) is 2.91. The Balaban J connectivity index is 1.43. The summed E-state index contributed by atoms with van der Waals surface area (Å²) in [4.78, 5) is 2.60. The van der Waals surface area contributed by atoms with Crippen LogP contribution in [0.4, 0.5) is 13.2 Å². The van der Waals surface area contributed by atoms with Gasteiger partial charge < -0.3 is 9.64 Å². The molecule has 1 radical (unpaired) electrons. The highest BCUT2D eigenvalue weighted by Gasteiger charge is 2.54. The third kappa shape index (κ3) is 4.90. The van der Waals surface area contributed by atoms with Crippen LogP contribution in [0.25, 0.3) is 0 Å². The molecule has 2 atom stereocenters. The van der Waals surface area contributed by atoms with E-state index >= 15 is 0 Å². The van der Waals surface area contributed by atoms with E-state index in [1.165, 1.54) is 44.6 Å². The van der Waals surface area contributed by atoms with Crippen molar-refractivity contribution in [1.29, 1.82) is 0 Å². The van der Waals surface area contributed by atoms with Crippen molar-refractivity contribution in [3.63, 3.8) is 0 Å². The fraction of sp³-hybridized carbons (Fsp3) is 0.650. The number of hydrogen-bond acceptors (Lipinski definition) is 2. The second kappa shape index (κ2) is 7.56. The van der Waals surface area contributed by atoms with Crippen molar-refractivity contribution < 1.29 is 17.9 Å². The molecule has 0 amide bonds. The maximum Gasteiger partial charge on any atom is 0.573 e. The topological polar surface area (TPSA) is 12.5 Å². The van der Waals surface area contributed by atoms with Crippen molar-refractivity contribution in [3.8, 4) is 5.75 Å². The van der Waals surface area contributed by atoms with E-state index in [4.69, 9.17) is 0 Å². The lowest BCUT2D eigenvalue weighted by Crippen LogP contribution is -2.30. The molecule has 0 aromatic heterocycles. The van der Waals surface area contributed by atoms with Gasteiger partial charge in [0.25, 0.3) is 0 Å². The van der Waals surface area contributed by atoms with Crippen LogP contribution >= 0.6 is 0 Å². The SMILES string of the molecule is CCC(CC)CN1CC2C(C[CH]c3cccc(OC(F)(F)F)c3)C2C1. The van der Waals surface area contributed by atoms with Gasteiger partial charge in [0, 0.05) is 19.6 Å². The molecule has 1 saturated carbocycles. The fourth-order valence-electron chi connectivity index (χ4n) is 4.26. The summed E-state index contributed by atoms with van der Waals surface area (Å²) in [7, 11) is 0. The molecule has 5 heteroatoms. The van der Waals surface area contributed by atoms with E-state index in [0.29, 0.717) is 5.92 Å². The number of halogens is 3. The molecule has 0 bridgehead atoms. The van der Waals surface area contributed by atoms with Gasteiger partial charge in [-0.05, 0) is 54.2 Å². The molecule has 1 aromatic rings. The van der Waals surface area contributed by atoms with Crippen LogP contribution in [0.1, 0.15) is 38.7 Å². The number of piperidine rings is 1. The van der Waals surface area contributed by atoms with Crippen LogP contribution in [-0.4, -0.2) is 30.9 Å². The van der Waals surface area contributed by atoms with Gasteiger partial charge in [0.1, 0.15) is 5.75 Å². The first-order valence-electron chi connectivity index (χ1n) is 9.31. The predicted octanol–water partition coefficient (Wildman–Crippen LogP) is 5.14. The van der Waals surface area contributed by atoms with E-state index in [1.807, 2.05) is 6.07 Å². The van der Waals surface area contributed by atoms with Crippen molar-refractivity contribution >= 4 is 0 Å². The van der Waals surface area contributed by atoms with Crippen molar-refractivity contribution in [3.05, 3.63) is 36.2 Å². The summed E-state index contributed by atoms with van der Waals surface area (Å²) in [6, 6.07) is 6.25. The molecule has 2 fully saturated rings. The predicted molar refractivity (Wildman–Crippen MR) is 92.1 cm³/mol. The Morgan fingerprint density at radius 1 is 1.20 bits per heavy atom. The first kappa shape index (κ1) is 18.6. The lowest BCUT2D eigenvalue weighted by atomic mass is 10.0. The quantitative estimate of drug-likeness (QED) is 0.641. The summed E-state index contributed by atoms with van der Waals surface area (Å²) < 4.78 is 40.9. The largest absolute Gasteiger partial charge is 0.573 e. The molecular weight excluding hydrogens is 327 g/mol. The zero-order valence-electron chi connectivity index (χ0n) is 14.9. The molecule has 139 valence electrons. The Morgan fingerprint density at radius 2 is 1.88 bits per heavy atom. The highest BCUT2D eigenvalue weighted by Crippen LogP contribution is 2.54. The van der Waals surface area contributed by atoms with Gasteiger partial charge in [-0.3, -0.25) is 0 Å². The lowest BCUT2D eigenvalue weighted by Gasteiger charge is -2.24. The summed E-state index contributed by atoms with van der Waals surface area (Å²) in [6.45, 7) is 8.12. The highest BCUT2D eigenvalue weighted by molar-refractivity contribution is 5.33. The van der Waals surface area contributed by atoms with E-state index in [-0.39, 0.29) is 5.75 Å². The van der Waals surface area contributed by atoms with Crippen molar-refractivity contribution in [2.24, 2.45) is 23.7 Å². The normalized spacial score (nSPS) is 26.1. The van der Waals surface area contributed by atoms with Crippen molar-refractivity contribution in [2.45, 2.75) is 39.5 Å². The first-order valence-corrected chi connectivity index (χ1v) is 9.31. The first-order chi connectivity index (χ1) is 11.9. The number of benzene rings is 1. The second-order valence-corrected chi connectivity index (χ2v) is 7.45. The Labute approximate surface area is 148 Å². The minimum atomic E-state index is -4.63. The van der Waals surface area contributed by atoms with Gasteiger partial charge in [-0.15, -0.1) is 13.2 Å². The van der Waals surface area contributed by atoms with Crippen LogP contribution in [0.3, 0.4) is 0 Å². The van der Waals surface area contributed by atoms with Gasteiger partial charge in [-0.2, -0.15) is 0 Å². The van der Waals surface area contributed by atoms with E-state index < -0.39 is 6.36 Å². The van der Waals surface area contributed by atoms with Gasteiger partial charge in [0.2, 0.25) is 0 Å². The Morgan fingerprint density at radius 3 is 2.48 bits per heavy atom. The van der Waals surface area contributed by atoms with Crippen LogP contribution in [0.15, 0.2) is 24.3 Å². The maximum absolute atomic E-state index is 12.3. The van der Waals surface area contributed by atoms with Crippen LogP contribution in [-0.2, 0) is 0 Å². The van der Waals surface area contributed by atoms with Gasteiger partial charge in [0.05, 0.1) is 0 Å². The number of likely N-dealkylation sites (tertiary alicyclic amines) is 1. The van der Waals surface area contributed by atoms with Crippen LogP contribution in [0.5, 0.6) is 5.75 Å². The zero-order chi connectivity index (χ0) is 18.0. The molecule has 1 aromatic carbocycles.